The number of aromatic amines is 1. The maximum Gasteiger partial charge on any atom is 0.416 e. The molecule has 0 fully saturated rings. The molecule has 0 bridgehead atoms. The van der Waals surface area contributed by atoms with E-state index in [4.69, 9.17) is 23.2 Å². The maximum absolute atomic E-state index is 12.9. The summed E-state index contributed by atoms with van der Waals surface area (Å²) in [6.07, 6.45) is -4.12. The molecule has 1 aromatic heterocycles. The Morgan fingerprint density at radius 1 is 1.26 bits per heavy atom. The minimum atomic E-state index is -4.40. The predicted molar refractivity (Wildman–Crippen MR) is 83.9 cm³/mol. The molecule has 0 saturated carbocycles. The van der Waals surface area contributed by atoms with Crippen LogP contribution in [0.5, 0.6) is 0 Å². The van der Waals surface area contributed by atoms with Gasteiger partial charge in [0, 0.05) is 17.5 Å². The Morgan fingerprint density at radius 3 is 2.65 bits per heavy atom. The zero-order valence-corrected chi connectivity index (χ0v) is 13.4. The maximum atomic E-state index is 12.9. The van der Waals surface area contributed by atoms with Crippen molar-refractivity contribution >= 4 is 34.2 Å². The molecule has 0 amide bonds. The summed E-state index contributed by atoms with van der Waals surface area (Å²) in [4.78, 5) is 7.27. The van der Waals surface area contributed by atoms with Gasteiger partial charge in [-0.1, -0.05) is 29.3 Å². The molecule has 1 N–H and O–H groups in total. The van der Waals surface area contributed by atoms with Crippen LogP contribution in [-0.4, -0.2) is 9.97 Å². The molecule has 1 heterocycles. The number of hydrogen-bond acceptors (Lipinski definition) is 1. The van der Waals surface area contributed by atoms with Crippen LogP contribution >= 0.6 is 23.2 Å². The molecule has 3 aromatic rings. The lowest BCUT2D eigenvalue weighted by Crippen LogP contribution is -2.05. The zero-order valence-electron chi connectivity index (χ0n) is 11.9. The van der Waals surface area contributed by atoms with Crippen LogP contribution in [0.1, 0.15) is 22.5 Å². The Hall–Kier alpha value is -1.72. The minimum absolute atomic E-state index is 0.282. The molecule has 2 nitrogen and oxygen atoms in total. The highest BCUT2D eigenvalue weighted by Gasteiger charge is 2.31. The second-order valence-corrected chi connectivity index (χ2v) is 5.95. The van der Waals surface area contributed by atoms with Gasteiger partial charge in [0.1, 0.15) is 5.82 Å². The van der Waals surface area contributed by atoms with Gasteiger partial charge in [-0.05, 0) is 36.2 Å². The molecule has 1 radical (unpaired) electrons. The first-order chi connectivity index (χ1) is 10.8. The van der Waals surface area contributed by atoms with Crippen LogP contribution in [0.3, 0.4) is 0 Å². The summed E-state index contributed by atoms with van der Waals surface area (Å²) in [5, 5.41) is 0.826. The van der Waals surface area contributed by atoms with Crippen molar-refractivity contribution in [1.29, 1.82) is 0 Å². The Labute approximate surface area is 140 Å². The van der Waals surface area contributed by atoms with Crippen molar-refractivity contribution in [3.63, 3.8) is 0 Å². The Morgan fingerprint density at radius 2 is 2.00 bits per heavy atom. The summed E-state index contributed by atoms with van der Waals surface area (Å²) in [5.41, 5.74) is 1.21. The largest absolute Gasteiger partial charge is 0.416 e. The highest BCUT2D eigenvalue weighted by molar-refractivity contribution is 6.35. The van der Waals surface area contributed by atoms with Crippen LogP contribution in [0.15, 0.2) is 24.3 Å². The fourth-order valence-electron chi connectivity index (χ4n) is 2.40. The Balaban J connectivity index is 2.05. The summed E-state index contributed by atoms with van der Waals surface area (Å²) in [6.45, 7) is 1.60. The molecule has 7 heteroatoms. The van der Waals surface area contributed by atoms with Gasteiger partial charge in [-0.2, -0.15) is 13.2 Å². The molecule has 0 saturated heterocycles. The lowest BCUT2D eigenvalue weighted by atomic mass is 10.1. The van der Waals surface area contributed by atoms with Gasteiger partial charge in [-0.25, -0.2) is 4.98 Å². The van der Waals surface area contributed by atoms with Gasteiger partial charge in [0.25, 0.3) is 0 Å². The van der Waals surface area contributed by atoms with Crippen LogP contribution in [0.4, 0.5) is 13.2 Å². The number of alkyl halides is 3. The molecule has 0 aliphatic carbocycles. The second kappa shape index (κ2) is 5.73. The van der Waals surface area contributed by atoms with Gasteiger partial charge >= 0.3 is 6.18 Å². The summed E-state index contributed by atoms with van der Waals surface area (Å²) >= 11 is 12.2. The number of fused-ring (bicyclic) bond motifs is 1. The van der Waals surface area contributed by atoms with Gasteiger partial charge in [-0.15, -0.1) is 0 Å². The molecule has 2 aromatic carbocycles. The van der Waals surface area contributed by atoms with E-state index >= 15 is 0 Å². The number of imidazole rings is 1. The molecule has 3 rings (SSSR count). The van der Waals surface area contributed by atoms with Crippen molar-refractivity contribution in [3.05, 3.63) is 62.9 Å². The molecule has 0 aliphatic rings. The van der Waals surface area contributed by atoms with Crippen LogP contribution in [0, 0.1) is 13.0 Å². The van der Waals surface area contributed by atoms with E-state index in [2.05, 4.69) is 16.0 Å². The van der Waals surface area contributed by atoms with Gasteiger partial charge in [0.15, 0.2) is 0 Å². The number of halogens is 5. The van der Waals surface area contributed by atoms with Gasteiger partial charge in [0.2, 0.25) is 0 Å². The van der Waals surface area contributed by atoms with E-state index < -0.39 is 11.7 Å². The monoisotopic (exact) mass is 357 g/mol. The summed E-state index contributed by atoms with van der Waals surface area (Å²) in [5.74, 6) is 0.492. The molecule has 0 aliphatic heterocycles. The summed E-state index contributed by atoms with van der Waals surface area (Å²) < 4.78 is 38.6. The highest BCUT2D eigenvalue weighted by Crippen LogP contribution is 2.33. The first-order valence-corrected chi connectivity index (χ1v) is 7.42. The first kappa shape index (κ1) is 16.1. The first-order valence-electron chi connectivity index (χ1n) is 6.66. The van der Waals surface area contributed by atoms with E-state index in [9.17, 15) is 13.2 Å². The molecule has 0 unspecified atom stereocenters. The summed E-state index contributed by atoms with van der Waals surface area (Å²) in [6, 6.07) is 8.22. The second-order valence-electron chi connectivity index (χ2n) is 5.17. The smallest absolute Gasteiger partial charge is 0.342 e. The molecule has 119 valence electrons. The van der Waals surface area contributed by atoms with Crippen molar-refractivity contribution in [1.82, 2.24) is 9.97 Å². The molecule has 0 atom stereocenters. The number of aryl methyl sites for hydroxylation is 1. The minimum Gasteiger partial charge on any atom is -0.342 e. The van der Waals surface area contributed by atoms with Crippen molar-refractivity contribution in [2.45, 2.75) is 19.5 Å². The third-order valence-electron chi connectivity index (χ3n) is 3.49. The van der Waals surface area contributed by atoms with Crippen molar-refractivity contribution in [2.24, 2.45) is 0 Å². The average Bonchev–Trinajstić information content (AvgIpc) is 2.85. The standard InChI is InChI=1S/C16H10Cl2F3N2/c1-8-5-9(16(19,20)21)6-13-15(8)23-14(22-13)7-10-11(17)3-2-4-12(10)18/h2-3,5-6H,7H2,1H3,(H,22,23). The van der Waals surface area contributed by atoms with Crippen molar-refractivity contribution in [3.8, 4) is 0 Å². The van der Waals surface area contributed by atoms with E-state index in [1.54, 1.807) is 19.1 Å². The number of nitrogens with one attached hydrogen (secondary N) is 1. The lowest BCUT2D eigenvalue weighted by molar-refractivity contribution is -0.137. The van der Waals surface area contributed by atoms with Crippen LogP contribution < -0.4 is 0 Å². The number of benzene rings is 2. The summed E-state index contributed by atoms with van der Waals surface area (Å²) in [7, 11) is 0. The Bertz CT molecular complexity index is 865. The number of nitrogens with zero attached hydrogens (tertiary/aromatic N) is 1. The lowest BCUT2D eigenvalue weighted by Gasteiger charge is -2.07. The van der Waals surface area contributed by atoms with Crippen molar-refractivity contribution in [2.75, 3.05) is 0 Å². The van der Waals surface area contributed by atoms with Crippen LogP contribution in [0.25, 0.3) is 11.0 Å². The molecular formula is C16H10Cl2F3N2. The number of H-pyrrole nitrogens is 1. The Kier molecular flexibility index (Phi) is 4.02. The van der Waals surface area contributed by atoms with E-state index in [0.717, 1.165) is 12.1 Å². The SMILES string of the molecule is Cc1cc(C(F)(F)F)cc2[nH]c(Cc3c(Cl)[c]ccc3Cl)nc12. The quantitative estimate of drug-likeness (QED) is 0.636. The number of aromatic nitrogens is 2. The van der Waals surface area contributed by atoms with Gasteiger partial charge in [-0.3, -0.25) is 0 Å². The average molecular weight is 358 g/mol. The number of hydrogen-bond donors (Lipinski definition) is 1. The third kappa shape index (κ3) is 3.16. The van der Waals surface area contributed by atoms with Gasteiger partial charge in [0.05, 0.1) is 21.6 Å². The molecular weight excluding hydrogens is 348 g/mol. The normalized spacial score (nSPS) is 12.1. The fraction of sp³-hybridized carbons (Fsp3) is 0.188. The van der Waals surface area contributed by atoms with E-state index in [0.29, 0.717) is 38.0 Å². The third-order valence-corrected chi connectivity index (χ3v) is 4.18. The molecule has 0 spiro atoms. The fourth-order valence-corrected chi connectivity index (χ4v) is 2.90. The predicted octanol–water partition coefficient (Wildman–Crippen LogP) is 5.59. The topological polar surface area (TPSA) is 28.7 Å². The van der Waals surface area contributed by atoms with E-state index in [1.165, 1.54) is 0 Å². The van der Waals surface area contributed by atoms with Gasteiger partial charge < -0.3 is 4.98 Å². The molecule has 23 heavy (non-hydrogen) atoms. The van der Waals surface area contributed by atoms with Crippen molar-refractivity contribution < 1.29 is 13.2 Å². The highest BCUT2D eigenvalue weighted by atomic mass is 35.5. The van der Waals surface area contributed by atoms with E-state index in [1.807, 2.05) is 0 Å². The van der Waals surface area contributed by atoms with Crippen LogP contribution in [0.2, 0.25) is 10.0 Å². The zero-order chi connectivity index (χ0) is 16.8. The number of rotatable bonds is 2. The van der Waals surface area contributed by atoms with Crippen LogP contribution in [-0.2, 0) is 12.6 Å². The van der Waals surface area contributed by atoms with E-state index in [-0.39, 0.29) is 6.42 Å².